The second-order valence-electron chi connectivity index (χ2n) is 2.80. The molecule has 0 amide bonds. The quantitative estimate of drug-likeness (QED) is 0.378. The van der Waals surface area contributed by atoms with E-state index in [1.54, 1.807) is 12.1 Å². The smallest absolute Gasteiger partial charge is 0.290 e. The van der Waals surface area contributed by atoms with Crippen molar-refractivity contribution in [2.45, 2.75) is 4.90 Å². The molecule has 3 nitrogen and oxygen atoms in total. The normalized spacial score (nSPS) is 9.41. The van der Waals surface area contributed by atoms with Gasteiger partial charge in [0.25, 0.3) is 10.1 Å². The van der Waals surface area contributed by atoms with Gasteiger partial charge in [-0.05, 0) is 4.90 Å². The Labute approximate surface area is 112 Å². The SMILES string of the molecule is C=COS(=O)(=O)[c-]1cccc1.[Fe].[cH-]1[cH-][cH-][cH-][cH-]1. The predicted molar refractivity (Wildman–Crippen MR) is 62.5 cm³/mol. The van der Waals surface area contributed by atoms with Crippen LogP contribution in [0, 0.1) is 0 Å². The molecule has 0 heterocycles. The first-order valence-corrected chi connectivity index (χ1v) is 6.00. The maximum Gasteiger partial charge on any atom is 0.290 e. The number of hydrogen-bond donors (Lipinski definition) is 0. The van der Waals surface area contributed by atoms with Gasteiger partial charge < -0.3 is 34.5 Å². The van der Waals surface area contributed by atoms with E-state index in [1.807, 2.05) is 30.3 Å². The molecule has 0 saturated heterocycles. The number of rotatable bonds is 3. The molecule has 0 saturated carbocycles. The molecule has 0 aliphatic heterocycles. The van der Waals surface area contributed by atoms with Crippen LogP contribution in [0.3, 0.4) is 0 Å². The van der Waals surface area contributed by atoms with Crippen LogP contribution >= 0.6 is 0 Å². The predicted octanol–water partition coefficient (Wildman–Crippen LogP) is 2.66. The Morgan fingerprint density at radius 2 is 1.47 bits per heavy atom. The van der Waals surface area contributed by atoms with Crippen molar-refractivity contribution >= 4 is 10.1 Å². The molecule has 2 aromatic rings. The van der Waals surface area contributed by atoms with Gasteiger partial charge in [-0.25, -0.2) is 12.1 Å². The number of hydrogen-bond acceptors (Lipinski definition) is 3. The van der Waals surface area contributed by atoms with Crippen molar-refractivity contribution in [3.63, 3.8) is 0 Å². The van der Waals surface area contributed by atoms with Crippen molar-refractivity contribution in [3.8, 4) is 0 Å². The van der Waals surface area contributed by atoms with Gasteiger partial charge in [-0.15, -0.1) is 0 Å². The summed E-state index contributed by atoms with van der Waals surface area (Å²) in [5.74, 6) is 0. The van der Waals surface area contributed by atoms with E-state index >= 15 is 0 Å². The molecule has 17 heavy (non-hydrogen) atoms. The Morgan fingerprint density at radius 1 is 1.06 bits per heavy atom. The Bertz CT molecular complexity index is 467. The van der Waals surface area contributed by atoms with Crippen LogP contribution in [0.4, 0.5) is 0 Å². The average Bonchev–Trinajstić information content (AvgIpc) is 2.95. The summed E-state index contributed by atoms with van der Waals surface area (Å²) in [4.78, 5) is 0.150. The van der Waals surface area contributed by atoms with E-state index in [0.29, 0.717) is 0 Å². The van der Waals surface area contributed by atoms with E-state index in [0.717, 1.165) is 6.26 Å². The van der Waals surface area contributed by atoms with E-state index in [2.05, 4.69) is 10.8 Å². The molecular weight excluding hydrogens is 280 g/mol. The molecule has 2 rings (SSSR count). The largest absolute Gasteiger partial charge is 0.748 e. The molecule has 0 unspecified atom stereocenters. The third kappa shape index (κ3) is 5.54. The summed E-state index contributed by atoms with van der Waals surface area (Å²) in [5.41, 5.74) is 0. The van der Waals surface area contributed by atoms with Crippen molar-refractivity contribution in [3.05, 3.63) is 67.4 Å². The van der Waals surface area contributed by atoms with Crippen molar-refractivity contribution in [2.24, 2.45) is 0 Å². The minimum Gasteiger partial charge on any atom is -0.748 e. The molecular formula is C12H12FeO3S-6. The van der Waals surface area contributed by atoms with E-state index in [4.69, 9.17) is 0 Å². The summed E-state index contributed by atoms with van der Waals surface area (Å²) < 4.78 is 26.3. The van der Waals surface area contributed by atoms with Crippen LogP contribution in [0.2, 0.25) is 0 Å². The molecule has 0 radical (unpaired) electrons. The second kappa shape index (κ2) is 7.90. The maximum atomic E-state index is 11.0. The third-order valence-corrected chi connectivity index (χ3v) is 2.91. The van der Waals surface area contributed by atoms with Gasteiger partial charge in [0.1, 0.15) is 0 Å². The molecule has 0 aliphatic carbocycles. The van der Waals surface area contributed by atoms with Crippen LogP contribution in [0.25, 0.3) is 0 Å². The maximum absolute atomic E-state index is 11.0. The van der Waals surface area contributed by atoms with Crippen LogP contribution in [0.5, 0.6) is 0 Å². The molecule has 5 heteroatoms. The van der Waals surface area contributed by atoms with Crippen molar-refractivity contribution in [1.29, 1.82) is 0 Å². The van der Waals surface area contributed by atoms with Gasteiger partial charge in [0.05, 0.1) is 6.26 Å². The van der Waals surface area contributed by atoms with Gasteiger partial charge in [-0.3, -0.25) is 0 Å². The Balaban J connectivity index is 0.000000360. The summed E-state index contributed by atoms with van der Waals surface area (Å²) >= 11 is 0. The van der Waals surface area contributed by atoms with Crippen LogP contribution in [-0.2, 0) is 31.4 Å². The van der Waals surface area contributed by atoms with Crippen LogP contribution < -0.4 is 0 Å². The van der Waals surface area contributed by atoms with Gasteiger partial charge in [0.15, 0.2) is 0 Å². The molecule has 0 bridgehead atoms. The Kier molecular flexibility index (Phi) is 7.30. The zero-order valence-electron chi connectivity index (χ0n) is 8.97. The van der Waals surface area contributed by atoms with E-state index < -0.39 is 10.1 Å². The van der Waals surface area contributed by atoms with Gasteiger partial charge >= 0.3 is 0 Å². The van der Waals surface area contributed by atoms with Crippen LogP contribution in [0.15, 0.2) is 72.3 Å². The molecule has 98 valence electrons. The molecule has 2 aromatic carbocycles. The Hall–Kier alpha value is -1.29. The van der Waals surface area contributed by atoms with Crippen molar-refractivity contribution in [2.75, 3.05) is 0 Å². The first-order valence-electron chi connectivity index (χ1n) is 4.59. The van der Waals surface area contributed by atoms with Crippen molar-refractivity contribution < 1.29 is 29.7 Å². The second-order valence-corrected chi connectivity index (χ2v) is 4.37. The van der Waals surface area contributed by atoms with Crippen LogP contribution in [-0.4, -0.2) is 8.42 Å². The summed E-state index contributed by atoms with van der Waals surface area (Å²) in [6.45, 7) is 3.15. The molecule has 0 atom stereocenters. The van der Waals surface area contributed by atoms with E-state index in [-0.39, 0.29) is 22.0 Å². The zero-order valence-corrected chi connectivity index (χ0v) is 10.9. The summed E-state index contributed by atoms with van der Waals surface area (Å²) in [6, 6.07) is 16.2. The first-order chi connectivity index (χ1) is 7.67. The van der Waals surface area contributed by atoms with Gasteiger partial charge in [0, 0.05) is 17.1 Å². The standard InChI is InChI=1S/C7H7O3S.C5H5.Fe/c1-2-10-11(8,9)7-5-3-4-6-7;1-2-4-5-3-1;/h2-6H,1H2;1-5H;/q-1;-5;. The van der Waals surface area contributed by atoms with Crippen molar-refractivity contribution in [1.82, 2.24) is 0 Å². The van der Waals surface area contributed by atoms with Gasteiger partial charge in [-0.1, -0.05) is 6.58 Å². The fourth-order valence-corrected chi connectivity index (χ4v) is 1.77. The molecule has 0 fully saturated rings. The fourth-order valence-electron chi connectivity index (χ4n) is 0.989. The monoisotopic (exact) mass is 292 g/mol. The van der Waals surface area contributed by atoms with Crippen LogP contribution in [0.1, 0.15) is 0 Å². The molecule has 0 spiro atoms. The summed E-state index contributed by atoms with van der Waals surface area (Å²) in [5, 5.41) is 0. The molecule has 0 aliphatic rings. The first kappa shape index (κ1) is 15.7. The molecule has 0 N–H and O–H groups in total. The topological polar surface area (TPSA) is 43.4 Å². The van der Waals surface area contributed by atoms with E-state index in [1.165, 1.54) is 12.1 Å². The minimum atomic E-state index is -3.59. The third-order valence-electron chi connectivity index (χ3n) is 1.67. The zero-order chi connectivity index (χ0) is 11.9. The average molecular weight is 292 g/mol. The minimum absolute atomic E-state index is 0. The summed E-state index contributed by atoms with van der Waals surface area (Å²) in [6.07, 6.45) is 0.891. The van der Waals surface area contributed by atoms with Gasteiger partial charge in [0.2, 0.25) is 0 Å². The molecule has 0 aromatic heterocycles. The fraction of sp³-hybridized carbons (Fsp3) is 0. The van der Waals surface area contributed by atoms with E-state index in [9.17, 15) is 8.42 Å². The summed E-state index contributed by atoms with van der Waals surface area (Å²) in [7, 11) is -3.59. The van der Waals surface area contributed by atoms with Gasteiger partial charge in [-0.2, -0.15) is 20.6 Å². The Morgan fingerprint density at radius 3 is 1.82 bits per heavy atom.